The molecule has 2 unspecified atom stereocenters. The van der Waals surface area contributed by atoms with E-state index in [1.165, 1.54) is 13.3 Å². The molecule has 1 aromatic carbocycles. The molecule has 0 aromatic heterocycles. The molecule has 0 spiro atoms. The lowest BCUT2D eigenvalue weighted by atomic mass is 9.89. The van der Waals surface area contributed by atoms with E-state index in [1.54, 1.807) is 30.6 Å². The number of rotatable bonds is 12. The predicted molar refractivity (Wildman–Crippen MR) is 216 cm³/mol. The zero-order chi connectivity index (χ0) is 39.1. The molecule has 2 rings (SSSR count). The average molecular weight is 721 g/mol. The maximum Gasteiger partial charge on any atom is 0.410 e. The van der Waals surface area contributed by atoms with Gasteiger partial charge in [0, 0.05) is 57.6 Å². The second-order valence-electron chi connectivity index (χ2n) is 11.0. The van der Waals surface area contributed by atoms with Crippen molar-refractivity contribution in [3.05, 3.63) is 77.6 Å². The summed E-state index contributed by atoms with van der Waals surface area (Å²) in [6.45, 7) is 28.3. The minimum Gasteiger partial charge on any atom is -0.444 e. The Kier molecular flexibility index (Phi) is 31.9. The Morgan fingerprint density at radius 1 is 1.06 bits per heavy atom. The summed E-state index contributed by atoms with van der Waals surface area (Å²) in [6, 6.07) is 5.27. The first-order valence-electron chi connectivity index (χ1n) is 17.7. The fourth-order valence-corrected chi connectivity index (χ4v) is 4.58. The molecule has 1 aromatic rings. The van der Waals surface area contributed by atoms with E-state index in [9.17, 15) is 9.59 Å². The lowest BCUT2D eigenvalue weighted by Crippen LogP contribution is -2.50. The van der Waals surface area contributed by atoms with E-state index in [0.29, 0.717) is 36.8 Å². The van der Waals surface area contributed by atoms with Crippen LogP contribution in [-0.4, -0.2) is 86.7 Å². The summed E-state index contributed by atoms with van der Waals surface area (Å²) in [5, 5.41) is 6.50. The van der Waals surface area contributed by atoms with E-state index >= 15 is 0 Å². The lowest BCUT2D eigenvalue weighted by molar-refractivity contribution is -0.124. The van der Waals surface area contributed by atoms with Gasteiger partial charge >= 0.3 is 6.09 Å². The number of piperazine rings is 1. The Hall–Kier alpha value is -3.60. The molecule has 0 saturated carbocycles. The van der Waals surface area contributed by atoms with E-state index in [-0.39, 0.29) is 24.6 Å². The van der Waals surface area contributed by atoms with Crippen LogP contribution in [0.25, 0.3) is 5.57 Å². The standard InChI is InChI=1S/C30H44ClN5O4.C3H7N.3C2H6/c1-8-9-10-27(35-15-17-36(18-16-35)29(38)40-30(3,4)5)24-12-11-23(31)19-25(24)22(2)26(13-14-33-21-32-6)34-28(37)20-39-7;1-2-3-4;3*1-2/h8-9,11-14,19,21,26-27H,2,10,15-18,20H2,1,3-7H3,(H,32,33)(H,34,37);2-3H,4H2,1H3;3*1-2H3/b9-8-,14-13+;3-2-;;;. The Balaban J connectivity index is -0.00000199. The molecule has 1 fully saturated rings. The predicted octanol–water partition coefficient (Wildman–Crippen LogP) is 8.36. The SMILES string of the molecule is C/C=C\N.C=C(c1cc(Cl)ccc1C(C/C=C\C)N1CCN(C(=O)OC(C)(C)C)CC1)C(/C=C/NC=NC)NC(=O)COC.CC.CC.CC. The Bertz CT molecular complexity index is 1170. The minimum atomic E-state index is -0.538. The summed E-state index contributed by atoms with van der Waals surface area (Å²) < 4.78 is 10.6. The van der Waals surface area contributed by atoms with E-state index in [0.717, 1.165) is 17.5 Å². The number of nitrogens with two attached hydrogens (primary N) is 1. The van der Waals surface area contributed by atoms with Crippen LogP contribution in [0, 0.1) is 0 Å². The number of benzene rings is 1. The van der Waals surface area contributed by atoms with Gasteiger partial charge in [0.2, 0.25) is 5.91 Å². The van der Waals surface area contributed by atoms with Crippen LogP contribution in [0.15, 0.2) is 66.5 Å². The molecule has 1 aliphatic rings. The van der Waals surface area contributed by atoms with Gasteiger partial charge in [0.25, 0.3) is 0 Å². The minimum absolute atomic E-state index is 0.00524. The molecule has 2 atom stereocenters. The van der Waals surface area contributed by atoms with Gasteiger partial charge in [-0.1, -0.05) is 84.0 Å². The van der Waals surface area contributed by atoms with Crippen molar-refractivity contribution in [2.45, 2.75) is 100 Å². The van der Waals surface area contributed by atoms with Gasteiger partial charge < -0.3 is 30.7 Å². The van der Waals surface area contributed by atoms with Crippen molar-refractivity contribution in [2.75, 3.05) is 46.9 Å². The number of aliphatic imine (C=N–C) groups is 1. The quantitative estimate of drug-likeness (QED) is 0.113. The molecule has 1 heterocycles. The normalized spacial score (nSPS) is 14.2. The molecule has 50 heavy (non-hydrogen) atoms. The van der Waals surface area contributed by atoms with Crippen molar-refractivity contribution in [1.82, 2.24) is 20.4 Å². The number of nitrogens with one attached hydrogen (secondary N) is 2. The van der Waals surface area contributed by atoms with Gasteiger partial charge in [-0.05, 0) is 82.1 Å². The molecule has 286 valence electrons. The molecule has 0 bridgehead atoms. The largest absolute Gasteiger partial charge is 0.444 e. The number of carbonyl (C=O) groups is 2. The topological polar surface area (TPSA) is 122 Å². The first kappa shape index (κ1) is 50.8. The van der Waals surface area contributed by atoms with Crippen molar-refractivity contribution >= 4 is 35.5 Å². The summed E-state index contributed by atoms with van der Waals surface area (Å²) in [5.74, 6) is -0.269. The van der Waals surface area contributed by atoms with Crippen molar-refractivity contribution in [3.8, 4) is 0 Å². The van der Waals surface area contributed by atoms with E-state index < -0.39 is 11.6 Å². The third-order valence-electron chi connectivity index (χ3n) is 6.47. The van der Waals surface area contributed by atoms with Gasteiger partial charge in [-0.2, -0.15) is 0 Å². The zero-order valence-corrected chi connectivity index (χ0v) is 34.1. The van der Waals surface area contributed by atoms with Crippen LogP contribution in [0.1, 0.15) is 99.8 Å². The van der Waals surface area contributed by atoms with Crippen LogP contribution >= 0.6 is 11.6 Å². The van der Waals surface area contributed by atoms with Crippen LogP contribution in [0.5, 0.6) is 0 Å². The van der Waals surface area contributed by atoms with E-state index in [1.807, 2.05) is 107 Å². The molecular weight excluding hydrogens is 652 g/mol. The van der Waals surface area contributed by atoms with Gasteiger partial charge in [0.15, 0.2) is 0 Å². The first-order chi connectivity index (χ1) is 23.9. The molecule has 2 amide bonds. The number of hydrogen-bond acceptors (Lipinski definition) is 7. The fraction of sp³-hybridized carbons (Fsp3) is 0.564. The highest BCUT2D eigenvalue weighted by molar-refractivity contribution is 6.30. The van der Waals surface area contributed by atoms with Gasteiger partial charge in [-0.25, -0.2) is 4.79 Å². The number of ether oxygens (including phenoxy) is 2. The maximum atomic E-state index is 12.6. The van der Waals surface area contributed by atoms with Crippen molar-refractivity contribution in [3.63, 3.8) is 0 Å². The second kappa shape index (κ2) is 31.4. The highest BCUT2D eigenvalue weighted by Gasteiger charge is 2.31. The van der Waals surface area contributed by atoms with Gasteiger partial charge in [-0.15, -0.1) is 0 Å². The fourth-order valence-electron chi connectivity index (χ4n) is 4.41. The highest BCUT2D eigenvalue weighted by Crippen LogP contribution is 2.35. The average Bonchev–Trinajstić information content (AvgIpc) is 3.12. The monoisotopic (exact) mass is 721 g/mol. The summed E-state index contributed by atoms with van der Waals surface area (Å²) in [4.78, 5) is 33.2. The number of carbonyl (C=O) groups excluding carboxylic acids is 2. The van der Waals surface area contributed by atoms with Crippen LogP contribution in [0.2, 0.25) is 5.02 Å². The van der Waals surface area contributed by atoms with Crippen molar-refractivity contribution < 1.29 is 19.1 Å². The summed E-state index contributed by atoms with van der Waals surface area (Å²) in [7, 11) is 3.13. The van der Waals surface area contributed by atoms with Crippen LogP contribution in [-0.2, 0) is 14.3 Å². The number of hydrogen-bond donors (Lipinski definition) is 3. The highest BCUT2D eigenvalue weighted by atomic mass is 35.5. The van der Waals surface area contributed by atoms with Crippen LogP contribution in [0.3, 0.4) is 0 Å². The van der Waals surface area contributed by atoms with Gasteiger partial charge in [0.1, 0.15) is 12.2 Å². The van der Waals surface area contributed by atoms with Crippen LogP contribution < -0.4 is 16.4 Å². The summed E-state index contributed by atoms with van der Waals surface area (Å²) >= 11 is 6.49. The maximum absolute atomic E-state index is 12.6. The molecule has 4 N–H and O–H groups in total. The lowest BCUT2D eigenvalue weighted by Gasteiger charge is -2.40. The molecule has 10 nitrogen and oxygen atoms in total. The molecular formula is C39H69ClN6O4. The Morgan fingerprint density at radius 3 is 2.12 bits per heavy atom. The second-order valence-corrected chi connectivity index (χ2v) is 11.4. The first-order valence-corrected chi connectivity index (χ1v) is 18.1. The van der Waals surface area contributed by atoms with Gasteiger partial charge in [0.05, 0.1) is 12.4 Å². The third-order valence-corrected chi connectivity index (χ3v) is 6.71. The number of nitrogens with zero attached hydrogens (tertiary/aromatic N) is 3. The third kappa shape index (κ3) is 21.5. The molecule has 1 saturated heterocycles. The van der Waals surface area contributed by atoms with Crippen molar-refractivity contribution in [2.24, 2.45) is 10.7 Å². The molecule has 0 aliphatic carbocycles. The van der Waals surface area contributed by atoms with Gasteiger partial charge in [-0.3, -0.25) is 14.7 Å². The summed E-state index contributed by atoms with van der Waals surface area (Å²) in [6.07, 6.45) is 13.0. The van der Waals surface area contributed by atoms with E-state index in [2.05, 4.69) is 33.2 Å². The smallest absolute Gasteiger partial charge is 0.410 e. The molecule has 11 heteroatoms. The zero-order valence-electron chi connectivity index (χ0n) is 33.3. The molecule has 1 aliphatic heterocycles. The number of allylic oxidation sites excluding steroid dienone is 2. The van der Waals surface area contributed by atoms with Crippen LogP contribution in [0.4, 0.5) is 4.79 Å². The summed E-state index contributed by atoms with van der Waals surface area (Å²) in [5.41, 5.74) is 6.89. The van der Waals surface area contributed by atoms with E-state index in [4.69, 9.17) is 26.8 Å². The van der Waals surface area contributed by atoms with Crippen molar-refractivity contribution in [1.29, 1.82) is 0 Å². The Labute approximate surface area is 309 Å². The number of methoxy groups -OCH3 is 1. The molecule has 0 radical (unpaired) electrons. The Morgan fingerprint density at radius 2 is 1.64 bits per heavy atom. The number of halogens is 1. The number of amides is 2.